The van der Waals surface area contributed by atoms with Crippen LogP contribution in [0.3, 0.4) is 0 Å². The number of hydrogen-bond donors (Lipinski definition) is 1. The second-order valence-electron chi connectivity index (χ2n) is 9.15. The van der Waals surface area contributed by atoms with Crippen molar-refractivity contribution in [2.24, 2.45) is 0 Å². The zero-order valence-corrected chi connectivity index (χ0v) is 23.6. The molecule has 1 N–H and O–H groups in total. The maximum absolute atomic E-state index is 10.6. The van der Waals surface area contributed by atoms with Gasteiger partial charge in [0.1, 0.15) is 11.3 Å². The van der Waals surface area contributed by atoms with Crippen LogP contribution >= 0.6 is 0 Å². The molecular weight excluding hydrogens is 681 g/mol. The Morgan fingerprint density at radius 3 is 2.45 bits per heavy atom. The van der Waals surface area contributed by atoms with Gasteiger partial charge in [-0.2, -0.15) is 6.07 Å². The first-order chi connectivity index (χ1) is 19.2. The van der Waals surface area contributed by atoms with Crippen molar-refractivity contribution in [1.29, 1.82) is 0 Å². The zero-order chi connectivity index (χ0) is 26.3. The van der Waals surface area contributed by atoms with Crippen LogP contribution in [-0.4, -0.2) is 26.8 Å². The first-order valence-corrected chi connectivity index (χ1v) is 12.5. The minimum atomic E-state index is -0.0237. The summed E-state index contributed by atoms with van der Waals surface area (Å²) >= 11 is 0. The van der Waals surface area contributed by atoms with E-state index in [0.717, 1.165) is 44.1 Å². The van der Waals surface area contributed by atoms with Gasteiger partial charge in [-0.15, -0.1) is 17.5 Å². The van der Waals surface area contributed by atoms with Gasteiger partial charge < -0.3 is 19.1 Å². The molecule has 0 unspecified atom stereocenters. The van der Waals surface area contributed by atoms with Gasteiger partial charge in [0.25, 0.3) is 0 Å². The van der Waals surface area contributed by atoms with Gasteiger partial charge in [0.15, 0.2) is 11.5 Å². The maximum atomic E-state index is 10.6. The van der Waals surface area contributed by atoms with E-state index < -0.39 is 0 Å². The summed E-state index contributed by atoms with van der Waals surface area (Å²) in [6.45, 7) is 0. The summed E-state index contributed by atoms with van der Waals surface area (Å²) in [7, 11) is 1.51. The van der Waals surface area contributed by atoms with E-state index in [9.17, 15) is 5.11 Å². The quantitative estimate of drug-likeness (QED) is 0.186. The molecule has 4 aromatic carbocycles. The number of benzene rings is 4. The molecule has 0 saturated carbocycles. The van der Waals surface area contributed by atoms with Crippen molar-refractivity contribution in [2.75, 3.05) is 7.11 Å². The predicted molar refractivity (Wildman–Crippen MR) is 153 cm³/mol. The summed E-state index contributed by atoms with van der Waals surface area (Å²) in [4.78, 5) is 9.27. The number of para-hydroxylation sites is 1. The third kappa shape index (κ3) is 4.37. The Balaban J connectivity index is 0.00000289. The van der Waals surface area contributed by atoms with Gasteiger partial charge in [0, 0.05) is 50.0 Å². The topological polar surface area (TPSA) is 69.4 Å². The molecule has 0 saturated heterocycles. The molecule has 7 rings (SSSR count). The molecule has 0 atom stereocenters. The van der Waals surface area contributed by atoms with E-state index in [1.165, 1.54) is 7.11 Å². The number of phenolic OH excluding ortho intramolecular Hbond substituents is 1. The van der Waals surface area contributed by atoms with Gasteiger partial charge in [-0.1, -0.05) is 54.0 Å². The normalized spacial score (nSPS) is 11.0. The predicted octanol–water partition coefficient (Wildman–Crippen LogP) is 7.70. The Morgan fingerprint density at radius 2 is 1.60 bits per heavy atom. The number of rotatable bonds is 5. The van der Waals surface area contributed by atoms with Crippen LogP contribution in [0.25, 0.3) is 49.7 Å². The van der Waals surface area contributed by atoms with Crippen LogP contribution < -0.4 is 9.47 Å². The van der Waals surface area contributed by atoms with Crippen molar-refractivity contribution < 1.29 is 35.6 Å². The maximum Gasteiger partial charge on any atom is 0.217 e. The third-order valence-corrected chi connectivity index (χ3v) is 6.85. The number of pyridine rings is 2. The summed E-state index contributed by atoms with van der Waals surface area (Å²) in [5.41, 5.74) is 4.48. The van der Waals surface area contributed by atoms with E-state index in [2.05, 4.69) is 45.9 Å². The van der Waals surface area contributed by atoms with Crippen LogP contribution in [-0.2, 0) is 21.1 Å². The molecule has 0 aliphatic carbocycles. The molecule has 40 heavy (non-hydrogen) atoms. The number of phenols is 1. The summed E-state index contributed by atoms with van der Waals surface area (Å²) in [5, 5.41) is 13.5. The summed E-state index contributed by atoms with van der Waals surface area (Å²) in [6, 6.07) is 37.1. The zero-order valence-electron chi connectivity index (χ0n) is 21.3. The number of aromatic hydroxyl groups is 1. The molecule has 3 aromatic heterocycles. The number of methoxy groups -OCH3 is 1. The van der Waals surface area contributed by atoms with Crippen LogP contribution in [0.15, 0.2) is 109 Å². The second kappa shape index (κ2) is 10.5. The van der Waals surface area contributed by atoms with Gasteiger partial charge in [0.05, 0.1) is 7.11 Å². The number of fused-ring (bicyclic) bond motifs is 4. The summed E-state index contributed by atoms with van der Waals surface area (Å²) < 4.78 is 13.5. The van der Waals surface area contributed by atoms with Crippen molar-refractivity contribution in [3.8, 4) is 40.1 Å². The first kappa shape index (κ1) is 25.6. The molecule has 198 valence electrons. The SMILES string of the molecule is COc1ccc2ccc(Oc3[c-]c4c(cc3)c3ccccc3n4-c3cc(-c4ccccc4)ccn3)nc2c1O.[Pt]. The number of hydrogen-bond acceptors (Lipinski definition) is 5. The minimum absolute atomic E-state index is 0. The number of aromatic nitrogens is 3. The monoisotopic (exact) mass is 703 g/mol. The third-order valence-electron chi connectivity index (χ3n) is 6.85. The van der Waals surface area contributed by atoms with Gasteiger partial charge in [0.2, 0.25) is 5.88 Å². The van der Waals surface area contributed by atoms with Gasteiger partial charge >= 0.3 is 0 Å². The summed E-state index contributed by atoms with van der Waals surface area (Å²) in [5.74, 6) is 1.96. The Labute approximate surface area is 244 Å². The molecule has 6 nitrogen and oxygen atoms in total. The van der Waals surface area contributed by atoms with Crippen LogP contribution in [0.4, 0.5) is 0 Å². The molecule has 0 aliphatic rings. The molecule has 7 aromatic rings. The Kier molecular flexibility index (Phi) is 6.70. The van der Waals surface area contributed by atoms with E-state index in [4.69, 9.17) is 14.5 Å². The minimum Gasteiger partial charge on any atom is -0.503 e. The van der Waals surface area contributed by atoms with Crippen LogP contribution in [0.2, 0.25) is 0 Å². The Hall–Kier alpha value is -4.67. The van der Waals surface area contributed by atoms with Crippen molar-refractivity contribution in [3.05, 3.63) is 115 Å². The molecule has 0 aliphatic heterocycles. The van der Waals surface area contributed by atoms with E-state index in [1.54, 1.807) is 12.1 Å². The van der Waals surface area contributed by atoms with E-state index in [0.29, 0.717) is 22.9 Å². The van der Waals surface area contributed by atoms with Gasteiger partial charge in [-0.25, -0.2) is 9.97 Å². The largest absolute Gasteiger partial charge is 0.503 e. The average molecular weight is 704 g/mol. The Bertz CT molecular complexity index is 2000. The average Bonchev–Trinajstić information content (AvgIpc) is 3.32. The standard InChI is InChI=1S/C33H22N3O3.Pt/c1-38-29-15-11-22-12-16-31(35-32(22)33(29)37)39-24-13-14-26-25-9-5-6-10-27(25)36(28(26)20-24)30-19-23(17-18-34-30)21-7-3-2-4-8-21;/h2-19,37H,1H3;/q-1;. The van der Waals surface area contributed by atoms with Gasteiger partial charge in [-0.3, -0.25) is 0 Å². The smallest absolute Gasteiger partial charge is 0.217 e. The molecule has 3 heterocycles. The van der Waals surface area contributed by atoms with Crippen molar-refractivity contribution in [3.63, 3.8) is 0 Å². The number of ether oxygens (including phenoxy) is 2. The fourth-order valence-electron chi connectivity index (χ4n) is 4.99. The first-order valence-electron chi connectivity index (χ1n) is 12.5. The van der Waals surface area contributed by atoms with Crippen LogP contribution in [0, 0.1) is 6.07 Å². The van der Waals surface area contributed by atoms with E-state index in [1.807, 2.05) is 66.9 Å². The molecule has 7 heteroatoms. The Morgan fingerprint density at radius 1 is 0.800 bits per heavy atom. The fraction of sp³-hybridized carbons (Fsp3) is 0.0303. The fourth-order valence-corrected chi connectivity index (χ4v) is 4.99. The molecular formula is C33H22N3O3Pt-. The molecule has 0 fully saturated rings. The van der Waals surface area contributed by atoms with Crippen LogP contribution in [0.5, 0.6) is 23.1 Å². The molecule has 0 bridgehead atoms. The van der Waals surface area contributed by atoms with Crippen molar-refractivity contribution in [2.45, 2.75) is 0 Å². The van der Waals surface area contributed by atoms with Crippen molar-refractivity contribution in [1.82, 2.24) is 14.5 Å². The van der Waals surface area contributed by atoms with Crippen molar-refractivity contribution >= 4 is 32.7 Å². The molecule has 0 radical (unpaired) electrons. The van der Waals surface area contributed by atoms with E-state index in [-0.39, 0.29) is 26.8 Å². The second-order valence-corrected chi connectivity index (χ2v) is 9.15. The van der Waals surface area contributed by atoms with Crippen LogP contribution in [0.1, 0.15) is 0 Å². The molecule has 0 amide bonds. The molecule has 0 spiro atoms. The van der Waals surface area contributed by atoms with Gasteiger partial charge in [-0.05, 0) is 52.9 Å². The number of nitrogens with zero attached hydrogens (tertiary/aromatic N) is 3. The summed E-state index contributed by atoms with van der Waals surface area (Å²) in [6.07, 6.45) is 1.83. The van der Waals surface area contributed by atoms with E-state index >= 15 is 0 Å².